The van der Waals surface area contributed by atoms with Crippen LogP contribution in [0.2, 0.25) is 0 Å². The van der Waals surface area contributed by atoms with E-state index in [-0.39, 0.29) is 5.75 Å². The van der Waals surface area contributed by atoms with Crippen LogP contribution in [0, 0.1) is 0 Å². The van der Waals surface area contributed by atoms with Gasteiger partial charge in [0.1, 0.15) is 17.3 Å². The van der Waals surface area contributed by atoms with Gasteiger partial charge in [0.25, 0.3) is 0 Å². The second-order valence-corrected chi connectivity index (χ2v) is 7.33. The van der Waals surface area contributed by atoms with Crippen molar-refractivity contribution < 1.29 is 14.6 Å². The molecule has 0 bridgehead atoms. The van der Waals surface area contributed by atoms with Crippen LogP contribution < -0.4 is 10.1 Å². The number of aromatic nitrogens is 2. The molecule has 7 heteroatoms. The standard InChI is InChI=1S/C22H21N3O3S/c1-27-12-19-24-21(23-11-14-8-9-18(28-2)17(26)10-14)20-16(13-29-22(20)25-19)15-6-4-3-5-7-15/h3-10,13,26H,11-12H2,1-2H3,(H,23,24,25). The molecule has 6 nitrogen and oxygen atoms in total. The predicted octanol–water partition coefficient (Wildman–Crippen LogP) is 4.83. The molecule has 0 unspecified atom stereocenters. The molecule has 0 aliphatic carbocycles. The van der Waals surface area contributed by atoms with E-state index >= 15 is 0 Å². The van der Waals surface area contributed by atoms with Crippen LogP contribution in [0.4, 0.5) is 5.82 Å². The molecule has 0 fully saturated rings. The SMILES string of the molecule is COCc1nc(NCc2ccc(OC)c(O)c2)c2c(-c3ccccc3)csc2n1. The van der Waals surface area contributed by atoms with E-state index in [1.54, 1.807) is 30.6 Å². The van der Waals surface area contributed by atoms with Gasteiger partial charge in [-0.15, -0.1) is 11.3 Å². The van der Waals surface area contributed by atoms with Crippen molar-refractivity contribution >= 4 is 27.4 Å². The highest BCUT2D eigenvalue weighted by Crippen LogP contribution is 2.37. The molecule has 0 radical (unpaired) electrons. The fourth-order valence-corrected chi connectivity index (χ4v) is 4.14. The zero-order chi connectivity index (χ0) is 20.2. The topological polar surface area (TPSA) is 76.5 Å². The molecular weight excluding hydrogens is 386 g/mol. The summed E-state index contributed by atoms with van der Waals surface area (Å²) in [4.78, 5) is 10.3. The van der Waals surface area contributed by atoms with Gasteiger partial charge in [0.15, 0.2) is 17.3 Å². The molecule has 2 N–H and O–H groups in total. The van der Waals surface area contributed by atoms with Crippen LogP contribution in [-0.4, -0.2) is 29.3 Å². The zero-order valence-corrected chi connectivity index (χ0v) is 17.0. The number of fused-ring (bicyclic) bond motifs is 1. The van der Waals surface area contributed by atoms with E-state index in [9.17, 15) is 5.11 Å². The Morgan fingerprint density at radius 3 is 2.62 bits per heavy atom. The minimum absolute atomic E-state index is 0.111. The maximum atomic E-state index is 10.0. The van der Waals surface area contributed by atoms with Crippen LogP contribution in [0.3, 0.4) is 0 Å². The first-order chi connectivity index (χ1) is 14.2. The van der Waals surface area contributed by atoms with Gasteiger partial charge in [-0.1, -0.05) is 36.4 Å². The van der Waals surface area contributed by atoms with Crippen LogP contribution in [0.15, 0.2) is 53.9 Å². The van der Waals surface area contributed by atoms with E-state index in [0.717, 1.165) is 32.7 Å². The number of hydrogen-bond donors (Lipinski definition) is 2. The van der Waals surface area contributed by atoms with Crippen LogP contribution >= 0.6 is 11.3 Å². The van der Waals surface area contributed by atoms with Crippen LogP contribution in [0.5, 0.6) is 11.5 Å². The highest BCUT2D eigenvalue weighted by molar-refractivity contribution is 7.17. The molecule has 0 saturated carbocycles. The summed E-state index contributed by atoms with van der Waals surface area (Å²) < 4.78 is 10.3. The third kappa shape index (κ3) is 4.01. The minimum Gasteiger partial charge on any atom is -0.504 e. The van der Waals surface area contributed by atoms with Crippen molar-refractivity contribution in [3.05, 3.63) is 65.3 Å². The van der Waals surface area contributed by atoms with Gasteiger partial charge in [-0.2, -0.15) is 0 Å². The van der Waals surface area contributed by atoms with Crippen LogP contribution in [0.25, 0.3) is 21.3 Å². The van der Waals surface area contributed by atoms with Crippen molar-refractivity contribution in [2.24, 2.45) is 0 Å². The van der Waals surface area contributed by atoms with Gasteiger partial charge in [-0.05, 0) is 23.3 Å². The molecule has 4 rings (SSSR count). The number of thiophene rings is 1. The number of phenolic OH excluding ortho intramolecular Hbond substituents is 1. The molecular formula is C22H21N3O3S. The third-order valence-corrected chi connectivity index (χ3v) is 5.41. The molecule has 4 aromatic rings. The number of rotatable bonds is 7. The largest absolute Gasteiger partial charge is 0.504 e. The summed E-state index contributed by atoms with van der Waals surface area (Å²) in [7, 11) is 3.16. The number of hydrogen-bond acceptors (Lipinski definition) is 7. The van der Waals surface area contributed by atoms with Gasteiger partial charge in [0.05, 0.1) is 12.5 Å². The Morgan fingerprint density at radius 1 is 1.07 bits per heavy atom. The Morgan fingerprint density at radius 2 is 1.90 bits per heavy atom. The maximum absolute atomic E-state index is 10.0. The molecule has 2 aromatic heterocycles. The summed E-state index contributed by atoms with van der Waals surface area (Å²) in [5, 5.41) is 16.5. The molecule has 0 aliphatic heterocycles. The summed E-state index contributed by atoms with van der Waals surface area (Å²) in [5.74, 6) is 1.93. The summed E-state index contributed by atoms with van der Waals surface area (Å²) in [6, 6.07) is 15.5. The number of anilines is 1. The molecule has 29 heavy (non-hydrogen) atoms. The number of nitrogens with zero attached hydrogens (tertiary/aromatic N) is 2. The monoisotopic (exact) mass is 407 g/mol. The van der Waals surface area contributed by atoms with Gasteiger partial charge in [0.2, 0.25) is 0 Å². The fourth-order valence-electron chi connectivity index (χ4n) is 3.17. The number of phenols is 1. The summed E-state index contributed by atoms with van der Waals surface area (Å²) in [6.45, 7) is 0.840. The smallest absolute Gasteiger partial charge is 0.160 e. The Labute approximate surface area is 172 Å². The molecule has 148 valence electrons. The highest BCUT2D eigenvalue weighted by atomic mass is 32.1. The van der Waals surface area contributed by atoms with Crippen molar-refractivity contribution in [1.29, 1.82) is 0 Å². The number of methoxy groups -OCH3 is 2. The van der Waals surface area contributed by atoms with E-state index in [1.807, 2.05) is 24.3 Å². The Bertz CT molecular complexity index is 1130. The number of nitrogens with one attached hydrogen (secondary N) is 1. The first kappa shape index (κ1) is 19.2. The van der Waals surface area contributed by atoms with Gasteiger partial charge in [0, 0.05) is 24.6 Å². The van der Waals surface area contributed by atoms with E-state index in [1.165, 1.54) is 7.11 Å². The van der Waals surface area contributed by atoms with E-state index in [0.29, 0.717) is 24.7 Å². The number of aromatic hydroxyl groups is 1. The summed E-state index contributed by atoms with van der Waals surface area (Å²) >= 11 is 1.59. The Balaban J connectivity index is 1.72. The maximum Gasteiger partial charge on any atom is 0.160 e. The highest BCUT2D eigenvalue weighted by Gasteiger charge is 2.15. The normalized spacial score (nSPS) is 11.0. The lowest BCUT2D eigenvalue weighted by Gasteiger charge is -2.12. The lowest BCUT2D eigenvalue weighted by Crippen LogP contribution is -2.06. The van der Waals surface area contributed by atoms with Gasteiger partial charge in [-0.3, -0.25) is 0 Å². The second-order valence-electron chi connectivity index (χ2n) is 6.48. The Hall–Kier alpha value is -3.16. The van der Waals surface area contributed by atoms with Crippen molar-refractivity contribution in [3.8, 4) is 22.6 Å². The molecule has 2 aromatic carbocycles. The molecule has 0 saturated heterocycles. The quantitative estimate of drug-likeness (QED) is 0.457. The van der Waals surface area contributed by atoms with Crippen molar-refractivity contribution in [2.45, 2.75) is 13.2 Å². The first-order valence-electron chi connectivity index (χ1n) is 9.12. The molecule has 0 atom stereocenters. The molecule has 0 amide bonds. The predicted molar refractivity (Wildman–Crippen MR) is 116 cm³/mol. The Kier molecular flexibility index (Phi) is 5.59. The lowest BCUT2D eigenvalue weighted by atomic mass is 10.1. The molecule has 0 aliphatic rings. The van der Waals surface area contributed by atoms with E-state index in [4.69, 9.17) is 14.5 Å². The first-order valence-corrected chi connectivity index (χ1v) is 9.99. The van der Waals surface area contributed by atoms with E-state index < -0.39 is 0 Å². The molecule has 2 heterocycles. The lowest BCUT2D eigenvalue weighted by molar-refractivity contribution is 0.178. The van der Waals surface area contributed by atoms with Crippen molar-refractivity contribution in [2.75, 3.05) is 19.5 Å². The molecule has 0 spiro atoms. The number of ether oxygens (including phenoxy) is 2. The van der Waals surface area contributed by atoms with Crippen LogP contribution in [-0.2, 0) is 17.9 Å². The van der Waals surface area contributed by atoms with Crippen molar-refractivity contribution in [3.63, 3.8) is 0 Å². The fraction of sp³-hybridized carbons (Fsp3) is 0.182. The average molecular weight is 407 g/mol. The zero-order valence-electron chi connectivity index (χ0n) is 16.2. The van der Waals surface area contributed by atoms with Gasteiger partial charge < -0.3 is 19.9 Å². The minimum atomic E-state index is 0.111. The van der Waals surface area contributed by atoms with E-state index in [2.05, 4.69) is 27.8 Å². The van der Waals surface area contributed by atoms with Crippen LogP contribution in [0.1, 0.15) is 11.4 Å². The van der Waals surface area contributed by atoms with Gasteiger partial charge in [-0.25, -0.2) is 9.97 Å². The second kappa shape index (κ2) is 8.46. The van der Waals surface area contributed by atoms with Crippen molar-refractivity contribution in [1.82, 2.24) is 9.97 Å². The summed E-state index contributed by atoms with van der Waals surface area (Å²) in [5.41, 5.74) is 3.13. The van der Waals surface area contributed by atoms with Gasteiger partial charge >= 0.3 is 0 Å². The average Bonchev–Trinajstić information content (AvgIpc) is 3.17. The summed E-state index contributed by atoms with van der Waals surface area (Å²) in [6.07, 6.45) is 0. The third-order valence-electron chi connectivity index (χ3n) is 4.54. The number of benzene rings is 2.